The summed E-state index contributed by atoms with van der Waals surface area (Å²) in [5.41, 5.74) is 2.18. The van der Waals surface area contributed by atoms with Crippen LogP contribution in [0.15, 0.2) is 48.5 Å². The molecule has 2 atom stereocenters. The van der Waals surface area contributed by atoms with Crippen molar-refractivity contribution in [1.82, 2.24) is 9.80 Å². The molecule has 1 aliphatic heterocycles. The molecule has 1 saturated carbocycles. The molecule has 0 aromatic heterocycles. The van der Waals surface area contributed by atoms with E-state index < -0.39 is 30.0 Å². The summed E-state index contributed by atoms with van der Waals surface area (Å²) in [6.45, 7) is -0.0626. The first-order chi connectivity index (χ1) is 16.7. The van der Waals surface area contributed by atoms with Crippen molar-refractivity contribution in [2.24, 2.45) is 5.92 Å². The van der Waals surface area contributed by atoms with Crippen LogP contribution in [-0.2, 0) is 16.8 Å². The van der Waals surface area contributed by atoms with Gasteiger partial charge < -0.3 is 14.9 Å². The van der Waals surface area contributed by atoms with Crippen LogP contribution in [0.4, 0.5) is 9.18 Å². The van der Waals surface area contributed by atoms with Crippen LogP contribution in [0.25, 0.3) is 0 Å². The number of hydrogen-bond acceptors (Lipinski definition) is 4. The van der Waals surface area contributed by atoms with Crippen LogP contribution in [0.1, 0.15) is 43.2 Å². The average Bonchev–Trinajstić information content (AvgIpc) is 3.24. The Labute approximate surface area is 205 Å². The average molecular weight is 485 g/mol. The summed E-state index contributed by atoms with van der Waals surface area (Å²) in [5, 5.41) is 18.6. The van der Waals surface area contributed by atoms with E-state index in [4.69, 9.17) is 4.74 Å². The summed E-state index contributed by atoms with van der Waals surface area (Å²) >= 11 is 0. The Hall–Kier alpha value is -3.13. The molecule has 8 heteroatoms. The molecule has 0 unspecified atom stereocenters. The highest BCUT2D eigenvalue weighted by atomic mass is 19.1. The molecule has 1 aliphatic carbocycles. The fraction of sp³-hybridized carbons (Fsp3) is 0.481. The van der Waals surface area contributed by atoms with Crippen molar-refractivity contribution in [1.29, 1.82) is 0 Å². The summed E-state index contributed by atoms with van der Waals surface area (Å²) in [4.78, 5) is 25.9. The maximum absolute atomic E-state index is 14.4. The Morgan fingerprint density at radius 1 is 1.11 bits per heavy atom. The molecule has 2 aliphatic rings. The van der Waals surface area contributed by atoms with Gasteiger partial charge in [0.1, 0.15) is 23.7 Å². The SMILES string of the molecule is CN(C)C1(c2ccccc2)CCC(Cc2cc(F)cc(O[C@H]3C[C@@H](C(=O)O)N(C(=O)O)C3)c2)CC1. The standard InChI is InChI=1S/C27H33FN2O5/c1-29(2)27(20-6-4-3-5-7-20)10-8-18(9-11-27)12-19-13-21(28)15-22(14-19)35-23-16-24(25(31)32)30(17-23)26(33)34/h3-7,13-15,18,23-24H,8-12,16-17H2,1-2H3,(H,31,32)(H,33,34)/t18?,23-,24-,27?/m0/s1. The van der Waals surface area contributed by atoms with Gasteiger partial charge in [0.25, 0.3) is 0 Å². The van der Waals surface area contributed by atoms with E-state index in [9.17, 15) is 24.2 Å². The predicted molar refractivity (Wildman–Crippen MR) is 129 cm³/mol. The first-order valence-electron chi connectivity index (χ1n) is 12.1. The van der Waals surface area contributed by atoms with E-state index in [2.05, 4.69) is 43.3 Å². The zero-order chi connectivity index (χ0) is 25.2. The van der Waals surface area contributed by atoms with Crippen LogP contribution in [0.5, 0.6) is 5.75 Å². The third kappa shape index (κ3) is 5.42. The van der Waals surface area contributed by atoms with E-state index in [-0.39, 0.29) is 18.5 Å². The fourth-order valence-corrected chi connectivity index (χ4v) is 5.76. The van der Waals surface area contributed by atoms with Gasteiger partial charge in [0.2, 0.25) is 0 Å². The number of carboxylic acids is 1. The number of ether oxygens (including phenoxy) is 1. The number of aliphatic carboxylic acids is 1. The van der Waals surface area contributed by atoms with Crippen molar-refractivity contribution in [2.45, 2.75) is 56.2 Å². The van der Waals surface area contributed by atoms with E-state index in [1.165, 1.54) is 17.7 Å². The number of nitrogens with zero attached hydrogens (tertiary/aromatic N) is 2. The summed E-state index contributed by atoms with van der Waals surface area (Å²) in [6, 6.07) is 14.0. The second-order valence-electron chi connectivity index (χ2n) is 10.00. The third-order valence-electron chi connectivity index (χ3n) is 7.65. The molecule has 1 amide bonds. The van der Waals surface area contributed by atoms with E-state index in [1.54, 1.807) is 6.07 Å². The van der Waals surface area contributed by atoms with E-state index in [0.29, 0.717) is 11.7 Å². The fourth-order valence-electron chi connectivity index (χ4n) is 5.76. The molecule has 188 valence electrons. The Morgan fingerprint density at radius 3 is 2.37 bits per heavy atom. The van der Waals surface area contributed by atoms with Gasteiger partial charge in [-0.05, 0) is 75.4 Å². The number of carbonyl (C=O) groups is 2. The second kappa shape index (κ2) is 10.2. The lowest BCUT2D eigenvalue weighted by molar-refractivity contribution is -0.141. The van der Waals surface area contributed by atoms with Crippen LogP contribution in [0, 0.1) is 11.7 Å². The number of rotatable bonds is 7. The monoisotopic (exact) mass is 484 g/mol. The first-order valence-corrected chi connectivity index (χ1v) is 12.1. The third-order valence-corrected chi connectivity index (χ3v) is 7.65. The minimum Gasteiger partial charge on any atom is -0.488 e. The van der Waals surface area contributed by atoms with Crippen molar-refractivity contribution in [2.75, 3.05) is 20.6 Å². The highest BCUT2D eigenvalue weighted by Gasteiger charge is 2.41. The highest BCUT2D eigenvalue weighted by Crippen LogP contribution is 2.44. The largest absolute Gasteiger partial charge is 0.488 e. The minimum atomic E-state index is -1.30. The molecule has 35 heavy (non-hydrogen) atoms. The van der Waals surface area contributed by atoms with E-state index in [1.807, 2.05) is 6.07 Å². The Bertz CT molecular complexity index is 1030. The van der Waals surface area contributed by atoms with E-state index in [0.717, 1.165) is 42.6 Å². The molecule has 1 heterocycles. The zero-order valence-electron chi connectivity index (χ0n) is 20.2. The van der Waals surface area contributed by atoms with Gasteiger partial charge in [-0.3, -0.25) is 9.80 Å². The molecule has 2 aromatic carbocycles. The van der Waals surface area contributed by atoms with Gasteiger partial charge in [-0.2, -0.15) is 0 Å². The second-order valence-corrected chi connectivity index (χ2v) is 10.00. The summed E-state index contributed by atoms with van der Waals surface area (Å²) < 4.78 is 20.3. The van der Waals surface area contributed by atoms with Crippen molar-refractivity contribution in [3.05, 3.63) is 65.5 Å². The summed E-state index contributed by atoms with van der Waals surface area (Å²) in [7, 11) is 4.26. The number of hydrogen-bond donors (Lipinski definition) is 2. The molecule has 0 radical (unpaired) electrons. The molecule has 2 aromatic rings. The molecule has 4 rings (SSSR count). The number of carboxylic acid groups (broad SMARTS) is 2. The normalized spacial score (nSPS) is 26.6. The van der Waals surface area contributed by atoms with Gasteiger partial charge in [-0.15, -0.1) is 0 Å². The molecule has 1 saturated heterocycles. The van der Waals surface area contributed by atoms with E-state index >= 15 is 0 Å². The molecule has 0 spiro atoms. The van der Waals surface area contributed by atoms with Gasteiger partial charge in [0.15, 0.2) is 0 Å². The molecule has 2 N–H and O–H groups in total. The zero-order valence-corrected chi connectivity index (χ0v) is 20.2. The van der Waals surface area contributed by atoms with Gasteiger partial charge >= 0.3 is 12.1 Å². The molecule has 0 bridgehead atoms. The lowest BCUT2D eigenvalue weighted by Gasteiger charge is -2.45. The Balaban J connectivity index is 1.41. The topological polar surface area (TPSA) is 90.3 Å². The smallest absolute Gasteiger partial charge is 0.408 e. The summed E-state index contributed by atoms with van der Waals surface area (Å²) in [6.07, 6.45) is 2.92. The quantitative estimate of drug-likeness (QED) is 0.597. The lowest BCUT2D eigenvalue weighted by Crippen LogP contribution is -2.44. The van der Waals surface area contributed by atoms with Crippen molar-refractivity contribution in [3.63, 3.8) is 0 Å². The van der Waals surface area contributed by atoms with Gasteiger partial charge in [-0.1, -0.05) is 30.3 Å². The predicted octanol–water partition coefficient (Wildman–Crippen LogP) is 4.60. The highest BCUT2D eigenvalue weighted by molar-refractivity contribution is 5.80. The number of halogens is 1. The van der Waals surface area contributed by atoms with Crippen LogP contribution in [0.2, 0.25) is 0 Å². The lowest BCUT2D eigenvalue weighted by atomic mass is 9.70. The van der Waals surface area contributed by atoms with Crippen molar-refractivity contribution < 1.29 is 28.9 Å². The number of benzene rings is 2. The number of amides is 1. The maximum atomic E-state index is 14.4. The minimum absolute atomic E-state index is 0.00708. The van der Waals surface area contributed by atoms with Crippen molar-refractivity contribution >= 4 is 12.1 Å². The van der Waals surface area contributed by atoms with Crippen LogP contribution in [0.3, 0.4) is 0 Å². The number of likely N-dealkylation sites (tertiary alicyclic amines) is 1. The Kier molecular flexibility index (Phi) is 7.31. The van der Waals surface area contributed by atoms with Crippen LogP contribution < -0.4 is 4.74 Å². The van der Waals surface area contributed by atoms with Crippen molar-refractivity contribution in [3.8, 4) is 5.75 Å². The molecular weight excluding hydrogens is 451 g/mol. The van der Waals surface area contributed by atoms with Crippen LogP contribution in [-0.4, -0.2) is 64.9 Å². The van der Waals surface area contributed by atoms with Crippen LogP contribution >= 0.6 is 0 Å². The summed E-state index contributed by atoms with van der Waals surface area (Å²) in [5.74, 6) is -0.890. The van der Waals surface area contributed by atoms with Gasteiger partial charge in [0, 0.05) is 18.0 Å². The van der Waals surface area contributed by atoms with Gasteiger partial charge in [0.05, 0.1) is 6.54 Å². The van der Waals surface area contributed by atoms with Gasteiger partial charge in [-0.25, -0.2) is 14.0 Å². The Morgan fingerprint density at radius 2 is 1.80 bits per heavy atom. The molecular formula is C27H33FN2O5. The maximum Gasteiger partial charge on any atom is 0.408 e. The molecule has 2 fully saturated rings. The first kappa shape index (κ1) is 25.0. The molecule has 7 nitrogen and oxygen atoms in total.